The number of nitrogens with zero attached hydrogens (tertiary/aromatic N) is 1. The molecule has 1 atom stereocenters. The molecule has 0 bridgehead atoms. The van der Waals surface area contributed by atoms with E-state index in [1.165, 1.54) is 0 Å². The van der Waals surface area contributed by atoms with E-state index in [1.54, 1.807) is 6.21 Å². The van der Waals surface area contributed by atoms with Crippen molar-refractivity contribution in [2.45, 2.75) is 45.8 Å². The van der Waals surface area contributed by atoms with E-state index in [0.717, 1.165) is 11.1 Å². The van der Waals surface area contributed by atoms with Gasteiger partial charge >= 0.3 is 12.1 Å². The fourth-order valence-corrected chi connectivity index (χ4v) is 3.61. The molecule has 200 valence electrons. The summed E-state index contributed by atoms with van der Waals surface area (Å²) < 4.78 is 16.1. The number of amides is 1. The van der Waals surface area contributed by atoms with Crippen LogP contribution in [0.2, 0.25) is 0 Å². The van der Waals surface area contributed by atoms with E-state index in [9.17, 15) is 19.2 Å². The van der Waals surface area contributed by atoms with E-state index >= 15 is 0 Å². The Labute approximate surface area is 221 Å². The summed E-state index contributed by atoms with van der Waals surface area (Å²) in [6.45, 7) is 2.02. The Morgan fingerprint density at radius 2 is 1.55 bits per heavy atom. The number of rotatable bonds is 14. The van der Waals surface area contributed by atoms with Crippen molar-refractivity contribution in [3.05, 3.63) is 83.2 Å². The molecule has 9 nitrogen and oxygen atoms in total. The van der Waals surface area contributed by atoms with E-state index in [-0.39, 0.29) is 63.0 Å². The molecule has 3 rings (SSSR count). The molecule has 0 aliphatic carbocycles. The van der Waals surface area contributed by atoms with Gasteiger partial charge in [-0.25, -0.2) is 4.79 Å². The molecule has 2 aromatic rings. The molecule has 1 aliphatic heterocycles. The highest BCUT2D eigenvalue weighted by Crippen LogP contribution is 2.24. The van der Waals surface area contributed by atoms with Gasteiger partial charge in [-0.2, -0.15) is 0 Å². The Kier molecular flexibility index (Phi) is 11.2. The number of benzene rings is 2. The zero-order valence-electron chi connectivity index (χ0n) is 21.4. The van der Waals surface area contributed by atoms with E-state index in [0.29, 0.717) is 12.1 Å². The molecular weight excluding hydrogens is 488 g/mol. The van der Waals surface area contributed by atoms with E-state index < -0.39 is 18.0 Å². The molecule has 1 heterocycles. The summed E-state index contributed by atoms with van der Waals surface area (Å²) in [5.74, 6) is -1.39. The van der Waals surface area contributed by atoms with Gasteiger partial charge in [-0.15, -0.1) is 0 Å². The van der Waals surface area contributed by atoms with Crippen LogP contribution >= 0.6 is 0 Å². The van der Waals surface area contributed by atoms with E-state index in [1.807, 2.05) is 67.6 Å². The van der Waals surface area contributed by atoms with Crippen LogP contribution in [-0.4, -0.2) is 43.0 Å². The third-order valence-corrected chi connectivity index (χ3v) is 5.74. The second-order valence-corrected chi connectivity index (χ2v) is 8.62. The number of esters is 1. The van der Waals surface area contributed by atoms with Crippen LogP contribution in [0, 0.1) is 5.92 Å². The van der Waals surface area contributed by atoms with Crippen LogP contribution in [0.1, 0.15) is 43.7 Å². The minimum absolute atomic E-state index is 0.00688. The Bertz CT molecular complexity index is 1160. The van der Waals surface area contributed by atoms with Gasteiger partial charge in [-0.3, -0.25) is 19.4 Å². The lowest BCUT2D eigenvalue weighted by molar-refractivity contribution is -0.145. The lowest BCUT2D eigenvalue weighted by Gasteiger charge is -2.20. The van der Waals surface area contributed by atoms with Gasteiger partial charge < -0.3 is 19.5 Å². The van der Waals surface area contributed by atoms with Gasteiger partial charge in [0.05, 0.1) is 31.2 Å². The topological polar surface area (TPSA) is 120 Å². The van der Waals surface area contributed by atoms with Gasteiger partial charge in [-0.05, 0) is 24.0 Å². The fourth-order valence-electron chi connectivity index (χ4n) is 3.61. The van der Waals surface area contributed by atoms with Crippen molar-refractivity contribution in [3.8, 4) is 0 Å². The highest BCUT2D eigenvalue weighted by molar-refractivity contribution is 6.07. The molecule has 0 radical (unpaired) electrons. The van der Waals surface area contributed by atoms with Crippen molar-refractivity contribution in [2.75, 3.05) is 13.2 Å². The summed E-state index contributed by atoms with van der Waals surface area (Å²) in [6.07, 6.45) is 1.46. The first-order valence-electron chi connectivity index (χ1n) is 12.6. The summed E-state index contributed by atoms with van der Waals surface area (Å²) >= 11 is 0. The Morgan fingerprint density at radius 3 is 2.21 bits per heavy atom. The third kappa shape index (κ3) is 9.31. The summed E-state index contributed by atoms with van der Waals surface area (Å²) in [5.41, 5.74) is 2.36. The number of hydrogen-bond acceptors (Lipinski definition) is 8. The van der Waals surface area contributed by atoms with Crippen molar-refractivity contribution in [1.29, 1.82) is 0 Å². The third-order valence-electron chi connectivity index (χ3n) is 5.74. The van der Waals surface area contributed by atoms with Gasteiger partial charge in [0.1, 0.15) is 13.2 Å². The highest BCUT2D eigenvalue weighted by Gasteiger charge is 2.28. The largest absolute Gasteiger partial charge is 0.483 e. The molecule has 1 aliphatic rings. The van der Waals surface area contributed by atoms with Gasteiger partial charge in [0.2, 0.25) is 5.78 Å². The Balaban J connectivity index is 1.32. The monoisotopic (exact) mass is 520 g/mol. The molecule has 1 N–H and O–H groups in total. The lowest BCUT2D eigenvalue weighted by Crippen LogP contribution is -2.30. The quantitative estimate of drug-likeness (QED) is 0.369. The smallest absolute Gasteiger partial charge is 0.407 e. The van der Waals surface area contributed by atoms with Gasteiger partial charge in [0.25, 0.3) is 0 Å². The molecule has 0 saturated heterocycles. The maximum atomic E-state index is 13.0. The molecule has 1 amide bonds. The van der Waals surface area contributed by atoms with E-state index in [4.69, 9.17) is 14.2 Å². The number of Topliss-reactive ketones (excluding diaryl/α,β-unsaturated/α-hetero) is 2. The number of aliphatic imine (C=N–C) groups is 1. The van der Waals surface area contributed by atoms with Crippen LogP contribution < -0.4 is 5.32 Å². The van der Waals surface area contributed by atoms with E-state index in [2.05, 4.69) is 10.3 Å². The maximum Gasteiger partial charge on any atom is 0.407 e. The second kappa shape index (κ2) is 15.1. The number of carbonyl (C=O) groups excluding carboxylic acids is 4. The predicted molar refractivity (Wildman–Crippen MR) is 140 cm³/mol. The molecule has 2 aromatic carbocycles. The second-order valence-electron chi connectivity index (χ2n) is 8.62. The number of ketones is 2. The molecule has 0 fully saturated rings. The number of carbonyl (C=O) groups is 4. The van der Waals surface area contributed by atoms with Gasteiger partial charge in [0, 0.05) is 12.6 Å². The minimum Gasteiger partial charge on any atom is -0.483 e. The summed E-state index contributed by atoms with van der Waals surface area (Å²) in [5, 5.41) is 2.37. The van der Waals surface area contributed by atoms with Crippen LogP contribution in [0.4, 0.5) is 4.79 Å². The predicted octanol–water partition coefficient (Wildman–Crippen LogP) is 4.30. The van der Waals surface area contributed by atoms with Crippen LogP contribution in [0.25, 0.3) is 0 Å². The minimum atomic E-state index is -0.712. The summed E-state index contributed by atoms with van der Waals surface area (Å²) in [6, 6.07) is 18.7. The number of hydrogen-bond donors (Lipinski definition) is 1. The van der Waals surface area contributed by atoms with Crippen molar-refractivity contribution in [3.63, 3.8) is 0 Å². The normalized spacial score (nSPS) is 14.7. The number of ether oxygens (including phenoxy) is 3. The first-order chi connectivity index (χ1) is 18.5. The number of alkyl carbamates (subject to hydrolysis) is 1. The zero-order valence-corrected chi connectivity index (χ0v) is 21.4. The molecule has 0 saturated carbocycles. The Morgan fingerprint density at radius 1 is 0.895 bits per heavy atom. The molecule has 0 aromatic heterocycles. The summed E-state index contributed by atoms with van der Waals surface area (Å²) in [4.78, 5) is 53.1. The maximum absolute atomic E-state index is 13.0. The zero-order chi connectivity index (χ0) is 27.2. The fraction of sp³-hybridized carbons (Fsp3) is 0.345. The van der Waals surface area contributed by atoms with Gasteiger partial charge in [0.15, 0.2) is 11.5 Å². The van der Waals surface area contributed by atoms with Crippen LogP contribution in [0.15, 0.2) is 77.1 Å². The lowest BCUT2D eigenvalue weighted by atomic mass is 9.96. The average Bonchev–Trinajstić information content (AvgIpc) is 2.95. The molecule has 38 heavy (non-hydrogen) atoms. The first-order valence-corrected chi connectivity index (χ1v) is 12.6. The Hall–Kier alpha value is -4.27. The van der Waals surface area contributed by atoms with Crippen molar-refractivity contribution in [2.24, 2.45) is 10.9 Å². The molecule has 9 heteroatoms. The molecule has 1 unspecified atom stereocenters. The van der Waals surface area contributed by atoms with Crippen molar-refractivity contribution >= 4 is 29.8 Å². The standard InChI is InChI=1S/C29H32N2O7/c1-2-25-28(37-19-21-9-5-3-6-10-21)27(34)23(17-30-25)15-16-36-26(33)14-13-24(32)18-31-29(35)38-20-22-11-7-4-8-12-22/h3-12,17,23H,2,13-16,18-20H2,1H3,(H,31,35). The average molecular weight is 521 g/mol. The highest BCUT2D eigenvalue weighted by atomic mass is 16.5. The number of nitrogens with one attached hydrogen (secondary N) is 1. The molecular formula is C29H32N2O7. The van der Waals surface area contributed by atoms with Crippen LogP contribution in [-0.2, 0) is 41.8 Å². The molecule has 0 spiro atoms. The van der Waals surface area contributed by atoms with Crippen molar-refractivity contribution < 1.29 is 33.4 Å². The van der Waals surface area contributed by atoms with Gasteiger partial charge in [-0.1, -0.05) is 67.6 Å². The SMILES string of the molecule is CCC1=C(OCc2ccccc2)C(=O)C(CCOC(=O)CCC(=O)CNC(=O)OCc2ccccc2)C=N1. The first kappa shape index (κ1) is 28.3. The van der Waals surface area contributed by atoms with Crippen LogP contribution in [0.5, 0.6) is 0 Å². The summed E-state index contributed by atoms with van der Waals surface area (Å²) in [7, 11) is 0. The van der Waals surface area contributed by atoms with Crippen LogP contribution in [0.3, 0.4) is 0 Å². The number of allylic oxidation sites excluding steroid dienone is 2. The van der Waals surface area contributed by atoms with Crippen molar-refractivity contribution in [1.82, 2.24) is 5.32 Å².